The summed E-state index contributed by atoms with van der Waals surface area (Å²) in [6, 6.07) is 7.89. The Morgan fingerprint density at radius 1 is 1.24 bits per heavy atom. The van der Waals surface area contributed by atoms with Gasteiger partial charge in [0.05, 0.1) is 6.33 Å². The Morgan fingerprint density at radius 2 is 1.95 bits per heavy atom. The number of nitrogens with zero attached hydrogens (tertiary/aromatic N) is 2. The van der Waals surface area contributed by atoms with Crippen LogP contribution in [0.3, 0.4) is 0 Å². The van der Waals surface area contributed by atoms with E-state index in [9.17, 15) is 13.2 Å². The minimum atomic E-state index is -4.07. The van der Waals surface area contributed by atoms with E-state index in [1.165, 1.54) is 0 Å². The Bertz CT molecular complexity index is 532. The Hall–Kier alpha value is -1.82. The Balaban J connectivity index is 1.84. The molecule has 21 heavy (non-hydrogen) atoms. The SMILES string of the molecule is CC(NCCCC(F)(F)F)c1ccc(-n2ccnc2)cc1. The molecule has 0 spiro atoms. The Kier molecular flexibility index (Phi) is 5.01. The molecule has 0 aliphatic heterocycles. The lowest BCUT2D eigenvalue weighted by atomic mass is 10.1. The van der Waals surface area contributed by atoms with Gasteiger partial charge >= 0.3 is 6.18 Å². The van der Waals surface area contributed by atoms with Crippen LogP contribution in [-0.2, 0) is 0 Å². The molecule has 0 amide bonds. The number of benzene rings is 1. The summed E-state index contributed by atoms with van der Waals surface area (Å²) in [4.78, 5) is 3.98. The lowest BCUT2D eigenvalue weighted by Gasteiger charge is -2.15. The molecule has 0 aliphatic carbocycles. The number of hydrogen-bond acceptors (Lipinski definition) is 2. The van der Waals surface area contributed by atoms with E-state index in [1.54, 1.807) is 12.5 Å². The molecular weight excluding hydrogens is 279 g/mol. The van der Waals surface area contributed by atoms with Gasteiger partial charge in [-0.1, -0.05) is 12.1 Å². The van der Waals surface area contributed by atoms with Crippen molar-refractivity contribution in [1.82, 2.24) is 14.9 Å². The van der Waals surface area contributed by atoms with Crippen LogP contribution >= 0.6 is 0 Å². The number of alkyl halides is 3. The van der Waals surface area contributed by atoms with E-state index in [-0.39, 0.29) is 12.5 Å². The maximum Gasteiger partial charge on any atom is 0.389 e. The normalized spacial score (nSPS) is 13.3. The van der Waals surface area contributed by atoms with Crippen LogP contribution in [0.4, 0.5) is 13.2 Å². The van der Waals surface area contributed by atoms with Crippen LogP contribution in [0.25, 0.3) is 5.69 Å². The standard InChI is InChI=1S/C15H18F3N3/c1-12(20-8-2-7-15(16,17)18)13-3-5-14(6-4-13)21-10-9-19-11-21/h3-6,9-12,20H,2,7-8H2,1H3. The number of rotatable bonds is 6. The molecular formula is C15H18F3N3. The van der Waals surface area contributed by atoms with Crippen molar-refractivity contribution in [2.24, 2.45) is 0 Å². The fourth-order valence-electron chi connectivity index (χ4n) is 2.07. The minimum Gasteiger partial charge on any atom is -0.310 e. The number of imidazole rings is 1. The van der Waals surface area contributed by atoms with Crippen LogP contribution in [-0.4, -0.2) is 22.3 Å². The van der Waals surface area contributed by atoms with E-state index in [0.29, 0.717) is 6.54 Å². The van der Waals surface area contributed by atoms with Gasteiger partial charge in [0.25, 0.3) is 0 Å². The minimum absolute atomic E-state index is 0.0232. The van der Waals surface area contributed by atoms with Crippen molar-refractivity contribution in [3.05, 3.63) is 48.5 Å². The number of aromatic nitrogens is 2. The van der Waals surface area contributed by atoms with E-state index in [1.807, 2.05) is 42.0 Å². The lowest BCUT2D eigenvalue weighted by molar-refractivity contribution is -0.135. The van der Waals surface area contributed by atoms with Gasteiger partial charge in [0, 0.05) is 30.5 Å². The second-order valence-electron chi connectivity index (χ2n) is 4.96. The molecule has 1 heterocycles. The lowest BCUT2D eigenvalue weighted by Crippen LogP contribution is -2.21. The summed E-state index contributed by atoms with van der Waals surface area (Å²) in [5.41, 5.74) is 2.05. The van der Waals surface area contributed by atoms with Crippen LogP contribution in [0.2, 0.25) is 0 Å². The molecule has 1 aromatic carbocycles. The molecule has 1 N–H and O–H groups in total. The van der Waals surface area contributed by atoms with Crippen molar-refractivity contribution < 1.29 is 13.2 Å². The van der Waals surface area contributed by atoms with Crippen molar-refractivity contribution >= 4 is 0 Å². The number of nitrogens with one attached hydrogen (secondary N) is 1. The molecule has 1 unspecified atom stereocenters. The van der Waals surface area contributed by atoms with Gasteiger partial charge in [-0.2, -0.15) is 13.2 Å². The molecule has 0 saturated heterocycles. The first-order valence-corrected chi connectivity index (χ1v) is 6.84. The second-order valence-corrected chi connectivity index (χ2v) is 4.96. The van der Waals surface area contributed by atoms with E-state index in [4.69, 9.17) is 0 Å². The van der Waals surface area contributed by atoms with Gasteiger partial charge < -0.3 is 9.88 Å². The van der Waals surface area contributed by atoms with Gasteiger partial charge in [-0.25, -0.2) is 4.98 Å². The summed E-state index contributed by atoms with van der Waals surface area (Å²) >= 11 is 0. The molecule has 114 valence electrons. The third kappa shape index (κ3) is 4.90. The zero-order chi connectivity index (χ0) is 15.3. The van der Waals surface area contributed by atoms with Crippen molar-refractivity contribution in [2.75, 3.05) is 6.54 Å². The summed E-state index contributed by atoms with van der Waals surface area (Å²) in [7, 11) is 0. The van der Waals surface area contributed by atoms with E-state index in [2.05, 4.69) is 10.3 Å². The molecule has 0 fully saturated rings. The topological polar surface area (TPSA) is 29.9 Å². The van der Waals surface area contributed by atoms with Gasteiger partial charge in [-0.3, -0.25) is 0 Å². The molecule has 0 aliphatic rings. The summed E-state index contributed by atoms with van der Waals surface area (Å²) in [5, 5.41) is 3.11. The zero-order valence-corrected chi connectivity index (χ0v) is 11.8. The Morgan fingerprint density at radius 3 is 2.52 bits per heavy atom. The van der Waals surface area contributed by atoms with Gasteiger partial charge in [-0.15, -0.1) is 0 Å². The van der Waals surface area contributed by atoms with Crippen molar-refractivity contribution in [2.45, 2.75) is 32.0 Å². The molecule has 0 saturated carbocycles. The highest BCUT2D eigenvalue weighted by Crippen LogP contribution is 2.21. The van der Waals surface area contributed by atoms with Crippen molar-refractivity contribution in [1.29, 1.82) is 0 Å². The molecule has 3 nitrogen and oxygen atoms in total. The summed E-state index contributed by atoms with van der Waals surface area (Å²) in [5.74, 6) is 0. The quantitative estimate of drug-likeness (QED) is 0.820. The van der Waals surface area contributed by atoms with Crippen LogP contribution in [0.15, 0.2) is 43.0 Å². The molecule has 1 atom stereocenters. The highest BCUT2D eigenvalue weighted by atomic mass is 19.4. The molecule has 0 radical (unpaired) electrons. The largest absolute Gasteiger partial charge is 0.389 e. The fourth-order valence-corrected chi connectivity index (χ4v) is 2.07. The highest BCUT2D eigenvalue weighted by molar-refractivity contribution is 5.35. The van der Waals surface area contributed by atoms with Gasteiger partial charge in [0.1, 0.15) is 0 Å². The predicted octanol–water partition coefficient (Wildman–Crippen LogP) is 3.87. The first-order chi connectivity index (χ1) is 9.96. The van der Waals surface area contributed by atoms with E-state index < -0.39 is 12.6 Å². The molecule has 6 heteroatoms. The maximum absolute atomic E-state index is 12.0. The number of halogens is 3. The van der Waals surface area contributed by atoms with Crippen LogP contribution < -0.4 is 5.32 Å². The van der Waals surface area contributed by atoms with Gasteiger partial charge in [-0.05, 0) is 37.6 Å². The first kappa shape index (κ1) is 15.6. The van der Waals surface area contributed by atoms with Crippen molar-refractivity contribution in [3.63, 3.8) is 0 Å². The summed E-state index contributed by atoms with van der Waals surface area (Å²) < 4.78 is 38.0. The van der Waals surface area contributed by atoms with Crippen LogP contribution in [0, 0.1) is 0 Å². The third-order valence-corrected chi connectivity index (χ3v) is 3.28. The highest BCUT2D eigenvalue weighted by Gasteiger charge is 2.25. The zero-order valence-electron chi connectivity index (χ0n) is 11.8. The average Bonchev–Trinajstić information content (AvgIpc) is 2.96. The third-order valence-electron chi connectivity index (χ3n) is 3.28. The van der Waals surface area contributed by atoms with Crippen LogP contribution in [0.5, 0.6) is 0 Å². The maximum atomic E-state index is 12.0. The molecule has 2 aromatic rings. The number of hydrogen-bond donors (Lipinski definition) is 1. The summed E-state index contributed by atoms with van der Waals surface area (Å²) in [6.07, 6.45) is 0.561. The second kappa shape index (κ2) is 6.76. The first-order valence-electron chi connectivity index (χ1n) is 6.84. The van der Waals surface area contributed by atoms with Gasteiger partial charge in [0.15, 0.2) is 0 Å². The van der Waals surface area contributed by atoms with E-state index in [0.717, 1.165) is 11.3 Å². The van der Waals surface area contributed by atoms with Gasteiger partial charge in [0.2, 0.25) is 0 Å². The van der Waals surface area contributed by atoms with Crippen LogP contribution in [0.1, 0.15) is 31.4 Å². The molecule has 2 rings (SSSR count). The predicted molar refractivity (Wildman–Crippen MR) is 75.3 cm³/mol. The van der Waals surface area contributed by atoms with E-state index >= 15 is 0 Å². The summed E-state index contributed by atoms with van der Waals surface area (Å²) in [6.45, 7) is 2.30. The average molecular weight is 297 g/mol. The fraction of sp³-hybridized carbons (Fsp3) is 0.400. The van der Waals surface area contributed by atoms with Crippen molar-refractivity contribution in [3.8, 4) is 5.69 Å². The smallest absolute Gasteiger partial charge is 0.310 e. The molecule has 1 aromatic heterocycles. The molecule has 0 bridgehead atoms. The Labute approximate surface area is 121 Å². The monoisotopic (exact) mass is 297 g/mol.